The molecule has 0 fully saturated rings. The summed E-state index contributed by atoms with van der Waals surface area (Å²) in [6.07, 6.45) is 2.46. The lowest BCUT2D eigenvalue weighted by molar-refractivity contribution is -0.139. The Morgan fingerprint density at radius 1 is 0.657 bits per heavy atom. The molecule has 0 unspecified atom stereocenters. The quantitative estimate of drug-likeness (QED) is 0.189. The van der Waals surface area contributed by atoms with Crippen molar-refractivity contribution in [3.05, 3.63) is 35.4 Å². The molecule has 0 atom stereocenters. The van der Waals surface area contributed by atoms with Gasteiger partial charge < -0.3 is 40.9 Å². The van der Waals surface area contributed by atoms with Crippen LogP contribution < -0.4 is 0 Å². The van der Waals surface area contributed by atoms with Gasteiger partial charge in [-0.05, 0) is 43.9 Å². The van der Waals surface area contributed by atoms with E-state index in [2.05, 4.69) is 0 Å². The van der Waals surface area contributed by atoms with Crippen molar-refractivity contribution in [2.75, 3.05) is 26.4 Å². The van der Waals surface area contributed by atoms with E-state index in [9.17, 15) is 19.2 Å². The highest BCUT2D eigenvalue weighted by atomic mass is 16.4. The predicted octanol–water partition coefficient (Wildman–Crippen LogP) is 1.55. The molecule has 0 aromatic heterocycles. The third-order valence-electron chi connectivity index (χ3n) is 3.81. The van der Waals surface area contributed by atoms with E-state index in [4.69, 9.17) is 40.9 Å². The van der Waals surface area contributed by atoms with Gasteiger partial charge in [-0.1, -0.05) is 19.9 Å². The van der Waals surface area contributed by atoms with Gasteiger partial charge >= 0.3 is 23.9 Å². The van der Waals surface area contributed by atoms with E-state index in [1.807, 2.05) is 0 Å². The van der Waals surface area contributed by atoms with E-state index in [1.54, 1.807) is 13.8 Å². The standard InChI is InChI=1S/C8H6O4.C6H10O4.C5H12O2.C4H10O2/c9-7(10)5-2-1-3-6(4-5)8(11)12;7-5(8)3-1-2-4-6(9)10;1-5(2,3-6)4-7;5-3-1-2-4-6/h1-4H,(H,9,10)(H,11,12);1-4H2,(H,7,8)(H,9,10);6-7H,3-4H2,1-2H3;5-6H,1-4H2. The molecule has 35 heavy (non-hydrogen) atoms. The first-order valence-corrected chi connectivity index (χ1v) is 10.7. The zero-order valence-corrected chi connectivity index (χ0v) is 20.1. The molecule has 1 rings (SSSR count). The first-order chi connectivity index (χ1) is 16.3. The smallest absolute Gasteiger partial charge is 0.335 e. The van der Waals surface area contributed by atoms with Crippen LogP contribution in [0, 0.1) is 5.41 Å². The average Bonchev–Trinajstić information content (AvgIpc) is 2.81. The SMILES string of the molecule is CC(C)(CO)CO.O=C(O)CCCCC(=O)O.O=C(O)c1cccc(C(=O)O)c1.OCCCCO. The number of aliphatic hydroxyl groups excluding tert-OH is 4. The van der Waals surface area contributed by atoms with Gasteiger partial charge in [0, 0.05) is 31.5 Å². The van der Waals surface area contributed by atoms with Gasteiger partial charge in [0.15, 0.2) is 0 Å². The molecule has 0 bridgehead atoms. The van der Waals surface area contributed by atoms with Crippen molar-refractivity contribution in [2.45, 2.75) is 52.4 Å². The Bertz CT molecular complexity index is 676. The number of carboxylic acids is 4. The molecule has 12 heteroatoms. The fraction of sp³-hybridized carbons (Fsp3) is 0.565. The average molecular weight is 507 g/mol. The van der Waals surface area contributed by atoms with Crippen molar-refractivity contribution < 1.29 is 60.0 Å². The van der Waals surface area contributed by atoms with E-state index < -0.39 is 23.9 Å². The second-order valence-corrected chi connectivity index (χ2v) is 7.82. The monoisotopic (exact) mass is 506 g/mol. The van der Waals surface area contributed by atoms with E-state index in [1.165, 1.54) is 18.2 Å². The Labute approximate surface area is 204 Å². The highest BCUT2D eigenvalue weighted by molar-refractivity contribution is 5.93. The van der Waals surface area contributed by atoms with E-state index in [0.29, 0.717) is 12.8 Å². The second-order valence-electron chi connectivity index (χ2n) is 7.82. The molecule has 0 saturated heterocycles. The van der Waals surface area contributed by atoms with Gasteiger partial charge in [0.2, 0.25) is 0 Å². The molecule has 0 radical (unpaired) electrons. The molecule has 0 aliphatic heterocycles. The predicted molar refractivity (Wildman–Crippen MR) is 125 cm³/mol. The van der Waals surface area contributed by atoms with E-state index in [-0.39, 0.29) is 55.8 Å². The minimum Gasteiger partial charge on any atom is -0.481 e. The summed E-state index contributed by atoms with van der Waals surface area (Å²) in [5.41, 5.74) is -0.343. The van der Waals surface area contributed by atoms with Crippen LogP contribution in [0.15, 0.2) is 24.3 Å². The first-order valence-electron chi connectivity index (χ1n) is 10.7. The maximum atomic E-state index is 10.4. The number of aliphatic carboxylic acids is 2. The van der Waals surface area contributed by atoms with Gasteiger partial charge in [0.05, 0.1) is 24.3 Å². The highest BCUT2D eigenvalue weighted by Crippen LogP contribution is 2.10. The molecule has 1 aromatic rings. The van der Waals surface area contributed by atoms with Gasteiger partial charge in [-0.15, -0.1) is 0 Å². The number of hydrogen-bond acceptors (Lipinski definition) is 8. The normalized spacial score (nSPS) is 9.77. The number of benzene rings is 1. The molecular weight excluding hydrogens is 468 g/mol. The highest BCUT2D eigenvalue weighted by Gasteiger charge is 2.13. The van der Waals surface area contributed by atoms with Gasteiger partial charge in [0.25, 0.3) is 0 Å². The number of carboxylic acid groups (broad SMARTS) is 4. The van der Waals surface area contributed by atoms with Crippen LogP contribution in [0.3, 0.4) is 0 Å². The van der Waals surface area contributed by atoms with Gasteiger partial charge in [-0.25, -0.2) is 9.59 Å². The fourth-order valence-corrected chi connectivity index (χ4v) is 1.61. The number of rotatable bonds is 12. The fourth-order valence-electron chi connectivity index (χ4n) is 1.61. The number of aromatic carboxylic acids is 2. The first kappa shape index (κ1) is 36.5. The van der Waals surface area contributed by atoms with Gasteiger partial charge in [-0.3, -0.25) is 9.59 Å². The molecule has 0 amide bonds. The van der Waals surface area contributed by atoms with Gasteiger partial charge in [-0.2, -0.15) is 0 Å². The lowest BCUT2D eigenvalue weighted by Gasteiger charge is -2.16. The molecule has 12 nitrogen and oxygen atoms in total. The number of carbonyl (C=O) groups is 4. The maximum Gasteiger partial charge on any atom is 0.335 e. The van der Waals surface area contributed by atoms with Crippen LogP contribution in [0.2, 0.25) is 0 Å². The zero-order chi connectivity index (χ0) is 27.9. The summed E-state index contributed by atoms with van der Waals surface area (Å²) < 4.78 is 0. The lowest BCUT2D eigenvalue weighted by atomic mass is 9.97. The van der Waals surface area contributed by atoms with Crippen molar-refractivity contribution in [1.29, 1.82) is 0 Å². The van der Waals surface area contributed by atoms with Crippen molar-refractivity contribution in [3.63, 3.8) is 0 Å². The molecule has 0 heterocycles. The second kappa shape index (κ2) is 22.7. The van der Waals surface area contributed by atoms with Crippen molar-refractivity contribution >= 4 is 23.9 Å². The minimum atomic E-state index is -1.13. The molecule has 8 N–H and O–H groups in total. The Morgan fingerprint density at radius 2 is 1.00 bits per heavy atom. The molecule has 1 aromatic carbocycles. The zero-order valence-electron chi connectivity index (χ0n) is 20.1. The van der Waals surface area contributed by atoms with Gasteiger partial charge in [0.1, 0.15) is 0 Å². The van der Waals surface area contributed by atoms with Crippen molar-refractivity contribution in [2.24, 2.45) is 5.41 Å². The topological polar surface area (TPSA) is 230 Å². The third kappa shape index (κ3) is 27.1. The Hall–Kier alpha value is -3.06. The summed E-state index contributed by atoms with van der Waals surface area (Å²) in [7, 11) is 0. The van der Waals surface area contributed by atoms with E-state index >= 15 is 0 Å². The number of unbranched alkanes of at least 4 members (excludes halogenated alkanes) is 2. The number of aliphatic hydroxyl groups is 4. The molecule has 0 aliphatic rings. The third-order valence-corrected chi connectivity index (χ3v) is 3.81. The molecule has 0 spiro atoms. The summed E-state index contributed by atoms with van der Waals surface area (Å²) in [6.45, 7) is 4.08. The molecule has 0 saturated carbocycles. The van der Waals surface area contributed by atoms with Crippen LogP contribution in [0.25, 0.3) is 0 Å². The van der Waals surface area contributed by atoms with Crippen LogP contribution in [-0.2, 0) is 9.59 Å². The largest absolute Gasteiger partial charge is 0.481 e. The lowest BCUT2D eigenvalue weighted by Crippen LogP contribution is -2.20. The summed E-state index contributed by atoms with van der Waals surface area (Å²) in [5, 5.41) is 66.3. The minimum absolute atomic E-state index is 0.0186. The van der Waals surface area contributed by atoms with Crippen LogP contribution in [0.5, 0.6) is 0 Å². The molecule has 0 aliphatic carbocycles. The van der Waals surface area contributed by atoms with E-state index in [0.717, 1.165) is 18.9 Å². The van der Waals surface area contributed by atoms with Crippen LogP contribution in [-0.4, -0.2) is 91.2 Å². The Morgan fingerprint density at radius 3 is 1.20 bits per heavy atom. The maximum absolute atomic E-state index is 10.4. The Kier molecular flexibility index (Phi) is 23.7. The summed E-state index contributed by atoms with van der Waals surface area (Å²) in [6, 6.07) is 5.20. The Balaban J connectivity index is -0.000000406. The van der Waals surface area contributed by atoms with Crippen LogP contribution >= 0.6 is 0 Å². The molecule has 202 valence electrons. The summed E-state index contributed by atoms with van der Waals surface area (Å²) >= 11 is 0. The molecular formula is C23H38O12. The number of hydrogen-bond donors (Lipinski definition) is 8. The summed E-state index contributed by atoms with van der Waals surface area (Å²) in [4.78, 5) is 40.6. The van der Waals surface area contributed by atoms with Crippen molar-refractivity contribution in [3.8, 4) is 0 Å². The van der Waals surface area contributed by atoms with Crippen LogP contribution in [0.4, 0.5) is 0 Å². The van der Waals surface area contributed by atoms with Crippen molar-refractivity contribution in [1.82, 2.24) is 0 Å². The van der Waals surface area contributed by atoms with Crippen LogP contribution in [0.1, 0.15) is 73.1 Å². The summed E-state index contributed by atoms with van der Waals surface area (Å²) in [5.74, 6) is -3.99.